The molecular formula is C29H28ClFN6O4. The zero-order valence-electron chi connectivity index (χ0n) is 22.5. The zero-order valence-corrected chi connectivity index (χ0v) is 23.3. The molecule has 6 rings (SSSR count). The molecule has 41 heavy (non-hydrogen) atoms. The van der Waals surface area contributed by atoms with E-state index in [0.29, 0.717) is 36.4 Å². The monoisotopic (exact) mass is 578 g/mol. The molecular weight excluding hydrogens is 551 g/mol. The molecule has 10 nitrogen and oxygen atoms in total. The summed E-state index contributed by atoms with van der Waals surface area (Å²) in [7, 11) is 0. The number of ether oxygens (including phenoxy) is 1. The summed E-state index contributed by atoms with van der Waals surface area (Å²) in [6.45, 7) is 8.70. The molecule has 2 aromatic carbocycles. The average molecular weight is 579 g/mol. The number of carbonyl (C=O) groups excluding carboxylic acids is 1. The van der Waals surface area contributed by atoms with E-state index in [-0.39, 0.29) is 52.2 Å². The van der Waals surface area contributed by atoms with E-state index in [4.69, 9.17) is 16.3 Å². The van der Waals surface area contributed by atoms with Crippen LogP contribution in [-0.2, 0) is 11.3 Å². The number of amides is 1. The maximum Gasteiger partial charge on any atom is 0.350 e. The van der Waals surface area contributed by atoms with E-state index < -0.39 is 17.5 Å². The second-order valence-electron chi connectivity index (χ2n) is 10.4. The molecule has 0 spiro atoms. The lowest BCUT2D eigenvalue weighted by Crippen LogP contribution is -2.58. The molecule has 1 saturated heterocycles. The van der Waals surface area contributed by atoms with Crippen molar-refractivity contribution in [2.75, 3.05) is 24.6 Å². The van der Waals surface area contributed by atoms with Crippen molar-refractivity contribution < 1.29 is 19.0 Å². The molecule has 12 heteroatoms. The standard InChI is InChI=1S/C29H28ClFN6O4/c1-4-23(39)35-12-17(3)36(13-16(35)2)28-19-11-20(30)24(25-21(31)7-5-8-22(25)38)27-26(19)37(29(40)33-28)18(15-41-27)14-34-10-6-9-32-34/h4-11,16-18,38H,1,12-15H2,2-3H3/t16-,17+,18+/m1/s1. The van der Waals surface area contributed by atoms with Crippen molar-refractivity contribution in [3.63, 3.8) is 0 Å². The predicted octanol–water partition coefficient (Wildman–Crippen LogP) is 4.00. The van der Waals surface area contributed by atoms with Crippen LogP contribution < -0.4 is 15.3 Å². The highest BCUT2D eigenvalue weighted by Gasteiger charge is 2.36. The maximum atomic E-state index is 15.1. The molecule has 0 aliphatic carbocycles. The Bertz CT molecular complexity index is 1720. The first-order chi connectivity index (χ1) is 19.7. The van der Waals surface area contributed by atoms with Gasteiger partial charge in [0.05, 0.1) is 34.3 Å². The number of nitrogens with zero attached hydrogens (tertiary/aromatic N) is 6. The highest BCUT2D eigenvalue weighted by atomic mass is 35.5. The molecule has 0 saturated carbocycles. The van der Waals surface area contributed by atoms with Crippen LogP contribution in [0.1, 0.15) is 19.9 Å². The highest BCUT2D eigenvalue weighted by molar-refractivity contribution is 6.35. The number of phenolic OH excluding ortho intramolecular Hbond substituents is 1. The molecule has 4 aromatic rings. The number of hydrogen-bond donors (Lipinski definition) is 1. The normalized spacial score (nSPS) is 20.2. The third-order valence-electron chi connectivity index (χ3n) is 7.80. The second kappa shape index (κ2) is 10.2. The number of rotatable bonds is 5. The summed E-state index contributed by atoms with van der Waals surface area (Å²) in [4.78, 5) is 34.5. The van der Waals surface area contributed by atoms with Crippen LogP contribution in [0.5, 0.6) is 11.5 Å². The smallest absolute Gasteiger partial charge is 0.350 e. The van der Waals surface area contributed by atoms with Gasteiger partial charge in [0.1, 0.15) is 24.0 Å². The van der Waals surface area contributed by atoms with Crippen LogP contribution in [0.4, 0.5) is 10.2 Å². The number of aromatic hydroxyl groups is 1. The molecule has 0 bridgehead atoms. The van der Waals surface area contributed by atoms with Gasteiger partial charge < -0.3 is 19.6 Å². The van der Waals surface area contributed by atoms with E-state index in [1.54, 1.807) is 38.7 Å². The largest absolute Gasteiger partial charge is 0.507 e. The SMILES string of the molecule is C=CC(=O)N1C[C@H](C)N(c2nc(=O)n3c4c(c(-c5c(O)cccc5F)c(Cl)cc24)OC[C@@H]3Cn2cccn2)C[C@H]1C. The van der Waals surface area contributed by atoms with Crippen molar-refractivity contribution in [1.82, 2.24) is 24.2 Å². The van der Waals surface area contributed by atoms with Crippen molar-refractivity contribution in [2.45, 2.75) is 38.5 Å². The van der Waals surface area contributed by atoms with Gasteiger partial charge in [-0.3, -0.25) is 14.0 Å². The van der Waals surface area contributed by atoms with E-state index >= 15 is 4.39 Å². The van der Waals surface area contributed by atoms with Gasteiger partial charge in [0.25, 0.3) is 0 Å². The van der Waals surface area contributed by atoms with Gasteiger partial charge in [-0.2, -0.15) is 10.1 Å². The van der Waals surface area contributed by atoms with Crippen molar-refractivity contribution in [2.24, 2.45) is 0 Å². The fourth-order valence-electron chi connectivity index (χ4n) is 5.88. The second-order valence-corrected chi connectivity index (χ2v) is 10.8. The summed E-state index contributed by atoms with van der Waals surface area (Å²) in [5.41, 5.74) is -0.0733. The Kier molecular flexibility index (Phi) is 6.69. The van der Waals surface area contributed by atoms with Crippen molar-refractivity contribution in [3.8, 4) is 22.6 Å². The molecule has 0 unspecified atom stereocenters. The first-order valence-corrected chi connectivity index (χ1v) is 13.6. The van der Waals surface area contributed by atoms with Gasteiger partial charge in [-0.25, -0.2) is 9.18 Å². The summed E-state index contributed by atoms with van der Waals surface area (Å²) >= 11 is 6.82. The van der Waals surface area contributed by atoms with Gasteiger partial charge >= 0.3 is 5.69 Å². The Labute approximate surface area is 239 Å². The fraction of sp³-hybridized carbons (Fsp3) is 0.310. The van der Waals surface area contributed by atoms with Crippen LogP contribution in [0.25, 0.3) is 22.0 Å². The van der Waals surface area contributed by atoms with Gasteiger partial charge in [-0.05, 0) is 44.2 Å². The van der Waals surface area contributed by atoms with Crippen LogP contribution in [-0.4, -0.2) is 67.0 Å². The lowest BCUT2D eigenvalue weighted by molar-refractivity contribution is -0.128. The number of carbonyl (C=O) groups is 1. The van der Waals surface area contributed by atoms with Crippen LogP contribution in [0.2, 0.25) is 5.02 Å². The minimum absolute atomic E-state index is 0.0707. The third kappa shape index (κ3) is 4.40. The molecule has 2 aliphatic heterocycles. The number of phenols is 1. The number of aromatic nitrogens is 4. The molecule has 3 atom stereocenters. The van der Waals surface area contributed by atoms with Gasteiger partial charge in [-0.15, -0.1) is 0 Å². The van der Waals surface area contributed by atoms with Crippen LogP contribution in [0.15, 0.2) is 60.2 Å². The zero-order chi connectivity index (χ0) is 29.0. The quantitative estimate of drug-likeness (QED) is 0.357. The highest BCUT2D eigenvalue weighted by Crippen LogP contribution is 2.49. The molecule has 2 aromatic heterocycles. The van der Waals surface area contributed by atoms with Crippen molar-refractivity contribution in [3.05, 3.63) is 76.7 Å². The van der Waals surface area contributed by atoms with E-state index in [9.17, 15) is 14.7 Å². The van der Waals surface area contributed by atoms with E-state index in [1.807, 2.05) is 18.7 Å². The Balaban J connectivity index is 1.59. The van der Waals surface area contributed by atoms with Gasteiger partial charge in [0.2, 0.25) is 5.91 Å². The first kappa shape index (κ1) is 26.8. The molecule has 2 aliphatic rings. The summed E-state index contributed by atoms with van der Waals surface area (Å²) in [6.07, 6.45) is 4.73. The molecule has 0 radical (unpaired) electrons. The van der Waals surface area contributed by atoms with Gasteiger partial charge in [-0.1, -0.05) is 24.2 Å². The Morgan fingerprint density at radius 2 is 2.05 bits per heavy atom. The van der Waals surface area contributed by atoms with E-state index in [1.165, 1.54) is 24.3 Å². The average Bonchev–Trinajstić information content (AvgIpc) is 3.46. The van der Waals surface area contributed by atoms with Gasteiger partial charge in [0.15, 0.2) is 5.75 Å². The van der Waals surface area contributed by atoms with Crippen molar-refractivity contribution >= 4 is 34.2 Å². The first-order valence-electron chi connectivity index (χ1n) is 13.3. The van der Waals surface area contributed by atoms with E-state index in [0.717, 1.165) is 0 Å². The van der Waals surface area contributed by atoms with Crippen LogP contribution >= 0.6 is 11.6 Å². The molecule has 4 heterocycles. The minimum atomic E-state index is -0.682. The topological polar surface area (TPSA) is 106 Å². The summed E-state index contributed by atoms with van der Waals surface area (Å²) in [5, 5.41) is 15.6. The number of anilines is 1. The fourth-order valence-corrected chi connectivity index (χ4v) is 6.17. The van der Waals surface area contributed by atoms with Crippen molar-refractivity contribution in [1.29, 1.82) is 0 Å². The van der Waals surface area contributed by atoms with Crippen LogP contribution in [0.3, 0.4) is 0 Å². The third-order valence-corrected chi connectivity index (χ3v) is 8.09. The number of halogens is 2. The maximum absolute atomic E-state index is 15.1. The number of hydrogen-bond acceptors (Lipinski definition) is 7. The van der Waals surface area contributed by atoms with Crippen LogP contribution in [0, 0.1) is 5.82 Å². The Morgan fingerprint density at radius 1 is 1.24 bits per heavy atom. The predicted molar refractivity (Wildman–Crippen MR) is 153 cm³/mol. The summed E-state index contributed by atoms with van der Waals surface area (Å²) in [6, 6.07) is 6.57. The summed E-state index contributed by atoms with van der Waals surface area (Å²) < 4.78 is 24.7. The van der Waals surface area contributed by atoms with E-state index in [2.05, 4.69) is 16.7 Å². The minimum Gasteiger partial charge on any atom is -0.507 e. The molecule has 1 N–H and O–H groups in total. The lowest BCUT2D eigenvalue weighted by atomic mass is 9.98. The number of benzene rings is 2. The molecule has 212 valence electrons. The number of piperazine rings is 1. The lowest BCUT2D eigenvalue weighted by Gasteiger charge is -2.45. The molecule has 1 amide bonds. The van der Waals surface area contributed by atoms with Gasteiger partial charge in [0, 0.05) is 43.0 Å². The Morgan fingerprint density at radius 3 is 2.76 bits per heavy atom. The summed E-state index contributed by atoms with van der Waals surface area (Å²) in [5.74, 6) is -0.577. The Hall–Kier alpha value is -4.38. The molecule has 1 fully saturated rings.